The van der Waals surface area contributed by atoms with Crippen LogP contribution in [0.5, 0.6) is 0 Å². The van der Waals surface area contributed by atoms with Gasteiger partial charge in [0.05, 0.1) is 12.3 Å². The molecular weight excluding hydrogens is 242 g/mol. The molecule has 3 aromatic rings. The molecule has 3 nitrogen and oxygen atoms in total. The molecule has 1 aromatic carbocycles. The maximum atomic E-state index is 6.94. The van der Waals surface area contributed by atoms with E-state index >= 15 is 0 Å². The minimum atomic E-state index is 0.659. The average molecular weight is 253 g/mol. The summed E-state index contributed by atoms with van der Waals surface area (Å²) in [6.45, 7) is 11.2. The summed E-state index contributed by atoms with van der Waals surface area (Å²) >= 11 is 1.71. The van der Waals surface area contributed by atoms with Gasteiger partial charge in [0.25, 0.3) is 0 Å². The number of benzene rings is 1. The lowest BCUT2D eigenvalue weighted by Gasteiger charge is -1.96. The number of aromatic nitrogens is 2. The zero-order valence-corrected chi connectivity index (χ0v) is 11.0. The van der Waals surface area contributed by atoms with Crippen molar-refractivity contribution in [2.24, 2.45) is 0 Å². The van der Waals surface area contributed by atoms with E-state index in [9.17, 15) is 0 Å². The zero-order valence-electron chi connectivity index (χ0n) is 10.1. The summed E-state index contributed by atoms with van der Waals surface area (Å²) in [5.41, 5.74) is 3.91. The van der Waals surface area contributed by atoms with Gasteiger partial charge >= 0.3 is 0 Å². The zero-order chi connectivity index (χ0) is 12.7. The quantitative estimate of drug-likeness (QED) is 0.595. The van der Waals surface area contributed by atoms with Crippen LogP contribution in [0.25, 0.3) is 21.1 Å². The topological polar surface area (TPSA) is 21.7 Å². The maximum Gasteiger partial charge on any atom is 0.194 e. The Bertz CT molecular complexity index is 757. The molecule has 0 amide bonds. The normalized spacial score (nSPS) is 10.7. The first-order valence-electron chi connectivity index (χ1n) is 5.62. The maximum absolute atomic E-state index is 6.94. The Labute approximate surface area is 109 Å². The van der Waals surface area contributed by atoms with Crippen molar-refractivity contribution in [2.45, 2.75) is 13.8 Å². The van der Waals surface area contributed by atoms with E-state index < -0.39 is 0 Å². The summed E-state index contributed by atoms with van der Waals surface area (Å²) in [6, 6.07) is 7.55. The van der Waals surface area contributed by atoms with Crippen LogP contribution in [-0.4, -0.2) is 9.38 Å². The van der Waals surface area contributed by atoms with E-state index in [-0.39, 0.29) is 0 Å². The molecule has 0 saturated carbocycles. The average Bonchev–Trinajstić information content (AvgIpc) is 2.91. The van der Waals surface area contributed by atoms with Crippen LogP contribution in [0.2, 0.25) is 0 Å². The summed E-state index contributed by atoms with van der Waals surface area (Å²) in [6.07, 6.45) is 2.06. The number of hydrogen-bond donors (Lipinski definition) is 0. The molecule has 3 rings (SSSR count). The van der Waals surface area contributed by atoms with Crippen molar-refractivity contribution in [3.05, 3.63) is 52.5 Å². The summed E-state index contributed by atoms with van der Waals surface area (Å²) in [5, 5.41) is 0. The molecule has 4 heteroatoms. The SMILES string of the molecule is [C-]#[N+]c1ccc(-c2cn3c(C)c(C)sc3n2)cc1. The molecule has 0 unspecified atom stereocenters. The number of rotatable bonds is 1. The fourth-order valence-electron chi connectivity index (χ4n) is 1.90. The monoisotopic (exact) mass is 253 g/mol. The van der Waals surface area contributed by atoms with Crippen LogP contribution < -0.4 is 0 Å². The molecule has 0 saturated heterocycles. The Hall–Kier alpha value is -2.12. The Morgan fingerprint density at radius 2 is 1.94 bits per heavy atom. The lowest BCUT2D eigenvalue weighted by molar-refractivity contribution is 1.11. The standard InChI is InChI=1S/C14H11N3S/c1-9-10(2)18-14-16-13(8-17(9)14)11-4-6-12(15-3)7-5-11/h4-8H,1-2H3. The molecule has 0 bridgehead atoms. The molecule has 0 spiro atoms. The van der Waals surface area contributed by atoms with Gasteiger partial charge in [-0.3, -0.25) is 4.40 Å². The van der Waals surface area contributed by atoms with E-state index in [1.54, 1.807) is 11.3 Å². The van der Waals surface area contributed by atoms with E-state index in [2.05, 4.69) is 34.3 Å². The minimum Gasteiger partial charge on any atom is -0.294 e. The van der Waals surface area contributed by atoms with Gasteiger partial charge in [0.2, 0.25) is 0 Å². The van der Waals surface area contributed by atoms with Gasteiger partial charge in [-0.05, 0) is 19.4 Å². The molecule has 2 aromatic heterocycles. The van der Waals surface area contributed by atoms with Crippen LogP contribution in [0, 0.1) is 20.4 Å². The van der Waals surface area contributed by atoms with Crippen LogP contribution in [0.3, 0.4) is 0 Å². The Kier molecular flexibility index (Phi) is 2.42. The highest BCUT2D eigenvalue weighted by molar-refractivity contribution is 7.17. The van der Waals surface area contributed by atoms with Gasteiger partial charge in [-0.15, -0.1) is 11.3 Å². The van der Waals surface area contributed by atoms with Crippen molar-refractivity contribution >= 4 is 22.0 Å². The fourth-order valence-corrected chi connectivity index (χ4v) is 2.85. The molecule has 18 heavy (non-hydrogen) atoms. The van der Waals surface area contributed by atoms with Crippen molar-refractivity contribution in [3.8, 4) is 11.3 Å². The minimum absolute atomic E-state index is 0.659. The lowest BCUT2D eigenvalue weighted by Crippen LogP contribution is -1.81. The van der Waals surface area contributed by atoms with Crippen LogP contribution in [0.4, 0.5) is 5.69 Å². The summed E-state index contributed by atoms with van der Waals surface area (Å²) in [5.74, 6) is 0. The Morgan fingerprint density at radius 3 is 2.56 bits per heavy atom. The van der Waals surface area contributed by atoms with Gasteiger partial charge in [-0.25, -0.2) is 9.83 Å². The van der Waals surface area contributed by atoms with Gasteiger partial charge in [0, 0.05) is 16.8 Å². The summed E-state index contributed by atoms with van der Waals surface area (Å²) < 4.78 is 2.12. The van der Waals surface area contributed by atoms with E-state index in [1.165, 1.54) is 10.6 Å². The number of imidazole rings is 1. The molecule has 0 radical (unpaired) electrons. The second-order valence-electron chi connectivity index (χ2n) is 4.18. The van der Waals surface area contributed by atoms with Gasteiger partial charge in [-0.1, -0.05) is 24.3 Å². The number of hydrogen-bond acceptors (Lipinski definition) is 2. The largest absolute Gasteiger partial charge is 0.294 e. The van der Waals surface area contributed by atoms with Crippen molar-refractivity contribution in [1.29, 1.82) is 0 Å². The highest BCUT2D eigenvalue weighted by atomic mass is 32.1. The lowest BCUT2D eigenvalue weighted by atomic mass is 10.1. The molecule has 0 aliphatic rings. The van der Waals surface area contributed by atoms with Crippen molar-refractivity contribution in [3.63, 3.8) is 0 Å². The predicted molar refractivity (Wildman–Crippen MR) is 74.2 cm³/mol. The van der Waals surface area contributed by atoms with Crippen molar-refractivity contribution < 1.29 is 0 Å². The third-order valence-electron chi connectivity index (χ3n) is 3.08. The van der Waals surface area contributed by atoms with Crippen LogP contribution >= 0.6 is 11.3 Å². The van der Waals surface area contributed by atoms with Gasteiger partial charge in [0.15, 0.2) is 10.6 Å². The Balaban J connectivity index is 2.11. The third kappa shape index (κ3) is 1.60. The summed E-state index contributed by atoms with van der Waals surface area (Å²) in [4.78, 5) is 10.3. The molecule has 0 atom stereocenters. The highest BCUT2D eigenvalue weighted by Crippen LogP contribution is 2.27. The third-order valence-corrected chi connectivity index (χ3v) is 4.15. The molecule has 0 N–H and O–H groups in total. The number of nitrogens with zero attached hydrogens (tertiary/aromatic N) is 3. The van der Waals surface area contributed by atoms with Gasteiger partial charge < -0.3 is 0 Å². The first-order valence-corrected chi connectivity index (χ1v) is 6.43. The number of fused-ring (bicyclic) bond motifs is 1. The van der Waals surface area contributed by atoms with Crippen molar-refractivity contribution in [1.82, 2.24) is 9.38 Å². The molecular formula is C14H11N3S. The van der Waals surface area contributed by atoms with E-state index in [4.69, 9.17) is 6.57 Å². The fraction of sp³-hybridized carbons (Fsp3) is 0.143. The van der Waals surface area contributed by atoms with Crippen LogP contribution in [0.15, 0.2) is 30.5 Å². The van der Waals surface area contributed by atoms with E-state index in [0.29, 0.717) is 5.69 Å². The molecule has 0 aliphatic carbocycles. The first kappa shape index (κ1) is 11.0. The van der Waals surface area contributed by atoms with Crippen LogP contribution in [-0.2, 0) is 0 Å². The first-order chi connectivity index (χ1) is 8.69. The van der Waals surface area contributed by atoms with Gasteiger partial charge in [-0.2, -0.15) is 0 Å². The second-order valence-corrected chi connectivity index (χ2v) is 5.36. The number of aryl methyl sites for hydroxylation is 2. The smallest absolute Gasteiger partial charge is 0.194 e. The van der Waals surface area contributed by atoms with Crippen LogP contribution in [0.1, 0.15) is 10.6 Å². The van der Waals surface area contributed by atoms with Crippen molar-refractivity contribution in [2.75, 3.05) is 0 Å². The van der Waals surface area contributed by atoms with E-state index in [0.717, 1.165) is 16.2 Å². The Morgan fingerprint density at radius 1 is 1.22 bits per heavy atom. The summed E-state index contributed by atoms with van der Waals surface area (Å²) in [7, 11) is 0. The molecule has 0 fully saturated rings. The molecule has 0 aliphatic heterocycles. The second kappa shape index (κ2) is 3.97. The number of thiazole rings is 1. The van der Waals surface area contributed by atoms with E-state index in [1.807, 2.05) is 24.3 Å². The van der Waals surface area contributed by atoms with Gasteiger partial charge in [0.1, 0.15) is 0 Å². The predicted octanol–water partition coefficient (Wildman–Crippen LogP) is 4.23. The molecule has 88 valence electrons. The highest BCUT2D eigenvalue weighted by Gasteiger charge is 2.09. The molecule has 2 heterocycles.